The molecule has 1 saturated heterocycles. The standard InChI is InChI=1S/C20H20BrFN2O3S/c21-16-8-4-7-15(11-16)20(13-27-10-9-19(20,22)12-25)24-18(28)23-17(26)14-5-2-1-3-6-14/h1-8,11,25H,9-10,12-13H2,(H2,23,24,26,28). The Kier molecular flexibility index (Phi) is 6.44. The topological polar surface area (TPSA) is 70.6 Å². The molecule has 3 N–H and O–H groups in total. The van der Waals surface area contributed by atoms with E-state index in [2.05, 4.69) is 26.6 Å². The number of thiocarbonyl (C=S) groups is 1. The predicted octanol–water partition coefficient (Wildman–Crippen LogP) is 3.07. The first-order valence-electron chi connectivity index (χ1n) is 8.72. The zero-order chi connectivity index (χ0) is 20.2. The van der Waals surface area contributed by atoms with Crippen LogP contribution >= 0.6 is 28.1 Å². The largest absolute Gasteiger partial charge is 0.393 e. The fourth-order valence-corrected chi connectivity index (χ4v) is 3.99. The number of aliphatic hydroxyl groups is 1. The fourth-order valence-electron chi connectivity index (χ4n) is 3.32. The number of aliphatic hydroxyl groups excluding tert-OH is 1. The average molecular weight is 467 g/mol. The molecule has 2 aromatic carbocycles. The van der Waals surface area contributed by atoms with E-state index in [9.17, 15) is 9.90 Å². The van der Waals surface area contributed by atoms with Gasteiger partial charge in [-0.1, -0.05) is 46.3 Å². The van der Waals surface area contributed by atoms with Crippen LogP contribution in [0.15, 0.2) is 59.1 Å². The van der Waals surface area contributed by atoms with Crippen LogP contribution in [0.5, 0.6) is 0 Å². The molecule has 8 heteroatoms. The van der Waals surface area contributed by atoms with E-state index in [0.717, 1.165) is 4.47 Å². The number of benzene rings is 2. The quantitative estimate of drug-likeness (QED) is 0.604. The van der Waals surface area contributed by atoms with Crippen molar-refractivity contribution >= 4 is 39.2 Å². The Hall–Kier alpha value is -1.87. The van der Waals surface area contributed by atoms with E-state index < -0.39 is 23.7 Å². The van der Waals surface area contributed by atoms with Crippen LogP contribution < -0.4 is 10.6 Å². The molecule has 0 radical (unpaired) electrons. The molecule has 1 amide bonds. The number of amides is 1. The van der Waals surface area contributed by atoms with Crippen molar-refractivity contribution in [2.24, 2.45) is 0 Å². The smallest absolute Gasteiger partial charge is 0.257 e. The molecule has 1 heterocycles. The second-order valence-electron chi connectivity index (χ2n) is 6.62. The van der Waals surface area contributed by atoms with Gasteiger partial charge in [-0.3, -0.25) is 10.1 Å². The summed E-state index contributed by atoms with van der Waals surface area (Å²) in [7, 11) is 0. The van der Waals surface area contributed by atoms with Gasteiger partial charge in [-0.15, -0.1) is 0 Å². The number of halogens is 2. The van der Waals surface area contributed by atoms with Gasteiger partial charge in [-0.25, -0.2) is 4.39 Å². The maximum atomic E-state index is 15.9. The normalized spacial score (nSPS) is 24.4. The molecule has 0 saturated carbocycles. The Morgan fingerprint density at radius 1 is 1.25 bits per heavy atom. The van der Waals surface area contributed by atoms with E-state index in [0.29, 0.717) is 11.1 Å². The minimum Gasteiger partial charge on any atom is -0.393 e. The first kappa shape index (κ1) is 20.9. The molecule has 2 atom stereocenters. The second-order valence-corrected chi connectivity index (χ2v) is 7.94. The van der Waals surface area contributed by atoms with Gasteiger partial charge in [0.05, 0.1) is 13.2 Å². The molecule has 0 aromatic heterocycles. The molecule has 5 nitrogen and oxygen atoms in total. The Morgan fingerprint density at radius 3 is 2.68 bits per heavy atom. The van der Waals surface area contributed by atoms with Gasteiger partial charge in [0, 0.05) is 23.1 Å². The van der Waals surface area contributed by atoms with Crippen LogP contribution in [0.1, 0.15) is 22.3 Å². The summed E-state index contributed by atoms with van der Waals surface area (Å²) in [6.07, 6.45) is -0.0156. The molecule has 2 unspecified atom stereocenters. The van der Waals surface area contributed by atoms with Gasteiger partial charge in [0.1, 0.15) is 5.54 Å². The number of hydrogen-bond donors (Lipinski definition) is 3. The Labute approximate surface area is 176 Å². The number of hydrogen-bond acceptors (Lipinski definition) is 4. The highest BCUT2D eigenvalue weighted by atomic mass is 79.9. The average Bonchev–Trinajstić information content (AvgIpc) is 2.70. The van der Waals surface area contributed by atoms with E-state index >= 15 is 4.39 Å². The van der Waals surface area contributed by atoms with Gasteiger partial charge in [0.25, 0.3) is 5.91 Å². The molecule has 148 valence electrons. The van der Waals surface area contributed by atoms with Crippen molar-refractivity contribution in [1.82, 2.24) is 10.6 Å². The van der Waals surface area contributed by atoms with Gasteiger partial charge in [-0.2, -0.15) is 0 Å². The third kappa shape index (κ3) is 4.10. The molecule has 1 aliphatic heterocycles. The summed E-state index contributed by atoms with van der Waals surface area (Å²) in [4.78, 5) is 12.4. The molecule has 1 aliphatic rings. The van der Waals surface area contributed by atoms with E-state index in [1.807, 2.05) is 6.07 Å². The lowest BCUT2D eigenvalue weighted by Crippen LogP contribution is -2.67. The molecule has 0 spiro atoms. The summed E-state index contributed by atoms with van der Waals surface area (Å²) in [6, 6.07) is 15.6. The zero-order valence-electron chi connectivity index (χ0n) is 15.0. The van der Waals surface area contributed by atoms with Crippen molar-refractivity contribution in [2.45, 2.75) is 17.6 Å². The number of carbonyl (C=O) groups excluding carboxylic acids is 1. The number of rotatable bonds is 4. The zero-order valence-corrected chi connectivity index (χ0v) is 17.4. The lowest BCUT2D eigenvalue weighted by atomic mass is 9.73. The van der Waals surface area contributed by atoms with Crippen LogP contribution in [0.4, 0.5) is 4.39 Å². The Morgan fingerprint density at radius 2 is 2.00 bits per heavy atom. The third-order valence-corrected chi connectivity index (χ3v) is 5.58. The van der Waals surface area contributed by atoms with Crippen molar-refractivity contribution < 1.29 is 19.0 Å². The highest BCUT2D eigenvalue weighted by Gasteiger charge is 2.56. The predicted molar refractivity (Wildman–Crippen MR) is 112 cm³/mol. The highest BCUT2D eigenvalue weighted by molar-refractivity contribution is 9.10. The molecule has 2 aromatic rings. The first-order chi connectivity index (χ1) is 13.4. The van der Waals surface area contributed by atoms with Crippen molar-refractivity contribution in [2.75, 3.05) is 19.8 Å². The van der Waals surface area contributed by atoms with Gasteiger partial charge in [0.15, 0.2) is 10.8 Å². The van der Waals surface area contributed by atoms with E-state index in [-0.39, 0.29) is 24.7 Å². The number of nitrogens with one attached hydrogen (secondary N) is 2. The lowest BCUT2D eigenvalue weighted by molar-refractivity contribution is -0.114. The summed E-state index contributed by atoms with van der Waals surface area (Å²) in [5, 5.41) is 15.3. The summed E-state index contributed by atoms with van der Waals surface area (Å²) in [5.41, 5.74) is -2.51. The van der Waals surface area contributed by atoms with Gasteiger partial charge >= 0.3 is 0 Å². The third-order valence-electron chi connectivity index (χ3n) is 4.88. The molecule has 3 rings (SSSR count). The fraction of sp³-hybridized carbons (Fsp3) is 0.300. The highest BCUT2D eigenvalue weighted by Crippen LogP contribution is 2.42. The van der Waals surface area contributed by atoms with Gasteiger partial charge < -0.3 is 15.2 Å². The van der Waals surface area contributed by atoms with Crippen LogP contribution in [0.25, 0.3) is 0 Å². The minimum atomic E-state index is -2.03. The van der Waals surface area contributed by atoms with Crippen LogP contribution in [-0.2, 0) is 10.3 Å². The van der Waals surface area contributed by atoms with Crippen LogP contribution in [0, 0.1) is 0 Å². The monoisotopic (exact) mass is 466 g/mol. The number of carbonyl (C=O) groups is 1. The van der Waals surface area contributed by atoms with Crippen LogP contribution in [0.2, 0.25) is 0 Å². The van der Waals surface area contributed by atoms with Crippen molar-refractivity contribution in [3.8, 4) is 0 Å². The second kappa shape index (κ2) is 8.65. The summed E-state index contributed by atoms with van der Waals surface area (Å²) in [5.74, 6) is -0.410. The maximum absolute atomic E-state index is 15.9. The SMILES string of the molecule is O=C(NC(=S)NC1(c2cccc(Br)c2)COCCC1(F)CO)c1ccccc1. The Balaban J connectivity index is 1.91. The van der Waals surface area contributed by atoms with Crippen LogP contribution in [-0.4, -0.2) is 41.6 Å². The lowest BCUT2D eigenvalue weighted by Gasteiger charge is -2.48. The maximum Gasteiger partial charge on any atom is 0.257 e. The molecule has 0 aliphatic carbocycles. The van der Waals surface area contributed by atoms with Crippen molar-refractivity contribution in [3.05, 3.63) is 70.2 Å². The summed E-state index contributed by atoms with van der Waals surface area (Å²) in [6.45, 7) is -0.593. The number of ether oxygens (including phenoxy) is 1. The Bertz CT molecular complexity index is 870. The van der Waals surface area contributed by atoms with E-state index in [1.165, 1.54) is 0 Å². The number of alkyl halides is 1. The van der Waals surface area contributed by atoms with Gasteiger partial charge in [-0.05, 0) is 42.0 Å². The van der Waals surface area contributed by atoms with Crippen molar-refractivity contribution in [3.63, 3.8) is 0 Å². The molecule has 0 bridgehead atoms. The molecular weight excluding hydrogens is 447 g/mol. The molecular formula is C20H20BrFN2O3S. The van der Waals surface area contributed by atoms with E-state index in [1.54, 1.807) is 48.5 Å². The van der Waals surface area contributed by atoms with Crippen molar-refractivity contribution in [1.29, 1.82) is 0 Å². The first-order valence-corrected chi connectivity index (χ1v) is 9.92. The van der Waals surface area contributed by atoms with Crippen LogP contribution in [0.3, 0.4) is 0 Å². The van der Waals surface area contributed by atoms with Gasteiger partial charge in [0.2, 0.25) is 0 Å². The van der Waals surface area contributed by atoms with E-state index in [4.69, 9.17) is 17.0 Å². The molecule has 28 heavy (non-hydrogen) atoms. The minimum absolute atomic E-state index is 0.0156. The summed E-state index contributed by atoms with van der Waals surface area (Å²) < 4.78 is 22.2. The molecule has 1 fully saturated rings. The summed E-state index contributed by atoms with van der Waals surface area (Å²) >= 11 is 8.70.